The minimum Gasteiger partial charge on any atom is -0.423 e. The van der Waals surface area contributed by atoms with Gasteiger partial charge in [-0.25, -0.2) is 0 Å². The summed E-state index contributed by atoms with van der Waals surface area (Å²) in [5.41, 5.74) is 7.32. The largest absolute Gasteiger partial charge is 0.423 e. The maximum atomic E-state index is 5.49. The average molecular weight is 220 g/mol. The number of hydrogen-bond acceptors (Lipinski definition) is 4. The third-order valence-corrected chi connectivity index (χ3v) is 2.91. The van der Waals surface area contributed by atoms with Crippen molar-refractivity contribution in [1.29, 1.82) is 0 Å². The molecule has 0 aliphatic carbocycles. The minimum absolute atomic E-state index is 0.219. The Kier molecular flexibility index (Phi) is 2.68. The van der Waals surface area contributed by atoms with Crippen molar-refractivity contribution in [1.82, 2.24) is 4.98 Å². The van der Waals surface area contributed by atoms with Crippen LogP contribution in [0.4, 0.5) is 6.01 Å². The van der Waals surface area contributed by atoms with Crippen LogP contribution in [0.25, 0.3) is 11.3 Å². The summed E-state index contributed by atoms with van der Waals surface area (Å²) in [4.78, 5) is 5.26. The predicted molar refractivity (Wildman–Crippen MR) is 62.9 cm³/mol. The molecule has 0 bridgehead atoms. The Labute approximate surface area is 92.7 Å². The van der Waals surface area contributed by atoms with Gasteiger partial charge in [-0.1, -0.05) is 12.1 Å². The van der Waals surface area contributed by atoms with Gasteiger partial charge in [0.2, 0.25) is 0 Å². The van der Waals surface area contributed by atoms with Gasteiger partial charge in [-0.05, 0) is 25.3 Å². The third-order valence-electron chi connectivity index (χ3n) is 2.17. The number of benzene rings is 1. The van der Waals surface area contributed by atoms with Gasteiger partial charge in [0.25, 0.3) is 6.01 Å². The van der Waals surface area contributed by atoms with Crippen LogP contribution in [0.1, 0.15) is 5.69 Å². The summed E-state index contributed by atoms with van der Waals surface area (Å²) in [6.07, 6.45) is 2.05. The minimum atomic E-state index is 0.219. The second kappa shape index (κ2) is 3.98. The van der Waals surface area contributed by atoms with Crippen molar-refractivity contribution >= 4 is 17.8 Å². The molecule has 1 aromatic heterocycles. The number of rotatable bonds is 2. The molecule has 15 heavy (non-hydrogen) atoms. The molecule has 2 rings (SSSR count). The Hall–Kier alpha value is -1.42. The van der Waals surface area contributed by atoms with E-state index in [4.69, 9.17) is 10.2 Å². The molecule has 2 aromatic rings. The molecule has 1 heterocycles. The molecule has 0 radical (unpaired) electrons. The Morgan fingerprint density at radius 2 is 1.93 bits per heavy atom. The maximum Gasteiger partial charge on any atom is 0.292 e. The van der Waals surface area contributed by atoms with Crippen molar-refractivity contribution in [2.75, 3.05) is 12.0 Å². The molecule has 0 spiro atoms. The molecule has 0 aliphatic rings. The first-order chi connectivity index (χ1) is 7.20. The molecule has 4 heteroatoms. The van der Waals surface area contributed by atoms with Crippen LogP contribution in [0.5, 0.6) is 0 Å². The summed E-state index contributed by atoms with van der Waals surface area (Å²) >= 11 is 1.71. The number of anilines is 1. The van der Waals surface area contributed by atoms with E-state index in [1.807, 2.05) is 25.3 Å². The monoisotopic (exact) mass is 220 g/mol. The van der Waals surface area contributed by atoms with Crippen molar-refractivity contribution in [3.05, 3.63) is 30.0 Å². The van der Waals surface area contributed by atoms with E-state index in [1.165, 1.54) is 4.90 Å². The maximum absolute atomic E-state index is 5.49. The zero-order valence-electron chi connectivity index (χ0n) is 8.65. The number of hydrogen-bond donors (Lipinski definition) is 1. The van der Waals surface area contributed by atoms with Crippen molar-refractivity contribution in [3.8, 4) is 11.3 Å². The second-order valence-corrected chi connectivity index (χ2v) is 4.07. The lowest BCUT2D eigenvalue weighted by Crippen LogP contribution is -1.81. The zero-order chi connectivity index (χ0) is 10.8. The number of oxazole rings is 1. The van der Waals surface area contributed by atoms with Gasteiger partial charge < -0.3 is 10.2 Å². The fraction of sp³-hybridized carbons (Fsp3) is 0.182. The van der Waals surface area contributed by atoms with Gasteiger partial charge in [0.1, 0.15) is 0 Å². The van der Waals surface area contributed by atoms with Crippen LogP contribution in [-0.4, -0.2) is 11.2 Å². The van der Waals surface area contributed by atoms with E-state index >= 15 is 0 Å². The molecular weight excluding hydrogens is 208 g/mol. The van der Waals surface area contributed by atoms with Crippen LogP contribution in [0.3, 0.4) is 0 Å². The molecule has 2 N–H and O–H groups in total. The third kappa shape index (κ3) is 1.99. The highest BCUT2D eigenvalue weighted by molar-refractivity contribution is 7.98. The standard InChI is InChI=1S/C11H12N2OS/c1-7-10(14-11(12)13-7)8-3-5-9(15-2)6-4-8/h3-6H,1-2H3,(H2,12,13). The molecule has 0 atom stereocenters. The quantitative estimate of drug-likeness (QED) is 0.790. The van der Waals surface area contributed by atoms with E-state index in [0.717, 1.165) is 17.0 Å². The molecule has 0 saturated carbocycles. The average Bonchev–Trinajstić information content (AvgIpc) is 2.58. The summed E-state index contributed by atoms with van der Waals surface area (Å²) in [5.74, 6) is 0.750. The van der Waals surface area contributed by atoms with E-state index in [2.05, 4.69) is 17.1 Å². The number of nitrogen functional groups attached to an aromatic ring is 1. The van der Waals surface area contributed by atoms with Gasteiger partial charge >= 0.3 is 0 Å². The summed E-state index contributed by atoms with van der Waals surface area (Å²) in [6, 6.07) is 8.35. The second-order valence-electron chi connectivity index (χ2n) is 3.20. The van der Waals surface area contributed by atoms with Gasteiger partial charge in [0.05, 0.1) is 5.69 Å². The van der Waals surface area contributed by atoms with E-state index < -0.39 is 0 Å². The zero-order valence-corrected chi connectivity index (χ0v) is 9.47. The van der Waals surface area contributed by atoms with Crippen molar-refractivity contribution < 1.29 is 4.42 Å². The van der Waals surface area contributed by atoms with Crippen LogP contribution in [-0.2, 0) is 0 Å². The van der Waals surface area contributed by atoms with Gasteiger partial charge in [-0.15, -0.1) is 11.8 Å². The normalized spacial score (nSPS) is 10.5. The Morgan fingerprint density at radius 1 is 1.27 bits per heavy atom. The molecule has 3 nitrogen and oxygen atoms in total. The summed E-state index contributed by atoms with van der Waals surface area (Å²) < 4.78 is 5.33. The van der Waals surface area contributed by atoms with Crippen LogP contribution in [0.15, 0.2) is 33.6 Å². The highest BCUT2D eigenvalue weighted by Crippen LogP contribution is 2.27. The Balaban J connectivity index is 2.41. The summed E-state index contributed by atoms with van der Waals surface area (Å²) in [7, 11) is 0. The lowest BCUT2D eigenvalue weighted by Gasteiger charge is -1.99. The fourth-order valence-electron chi connectivity index (χ4n) is 1.43. The first-order valence-electron chi connectivity index (χ1n) is 4.58. The first-order valence-corrected chi connectivity index (χ1v) is 5.80. The van der Waals surface area contributed by atoms with Crippen LogP contribution in [0.2, 0.25) is 0 Å². The number of nitrogens with two attached hydrogens (primary N) is 1. The molecule has 1 aromatic carbocycles. The van der Waals surface area contributed by atoms with Gasteiger partial charge in [-0.3, -0.25) is 0 Å². The number of aryl methyl sites for hydroxylation is 1. The summed E-state index contributed by atoms with van der Waals surface area (Å²) in [5, 5.41) is 0. The highest BCUT2D eigenvalue weighted by Gasteiger charge is 2.09. The summed E-state index contributed by atoms with van der Waals surface area (Å²) in [6.45, 7) is 1.89. The van der Waals surface area contributed by atoms with E-state index in [9.17, 15) is 0 Å². The number of thioether (sulfide) groups is 1. The van der Waals surface area contributed by atoms with Gasteiger partial charge in [0, 0.05) is 10.5 Å². The van der Waals surface area contributed by atoms with Gasteiger partial charge in [-0.2, -0.15) is 4.98 Å². The van der Waals surface area contributed by atoms with Crippen LogP contribution < -0.4 is 5.73 Å². The van der Waals surface area contributed by atoms with E-state index in [1.54, 1.807) is 11.8 Å². The van der Waals surface area contributed by atoms with E-state index in [-0.39, 0.29) is 6.01 Å². The Morgan fingerprint density at radius 3 is 2.40 bits per heavy atom. The van der Waals surface area contributed by atoms with Crippen molar-refractivity contribution in [3.63, 3.8) is 0 Å². The van der Waals surface area contributed by atoms with Crippen molar-refractivity contribution in [2.45, 2.75) is 11.8 Å². The van der Waals surface area contributed by atoms with Crippen molar-refractivity contribution in [2.24, 2.45) is 0 Å². The molecule has 0 fully saturated rings. The topological polar surface area (TPSA) is 52.0 Å². The molecule has 0 aliphatic heterocycles. The number of aromatic nitrogens is 1. The predicted octanol–water partition coefficient (Wildman–Crippen LogP) is 2.95. The van der Waals surface area contributed by atoms with E-state index in [0.29, 0.717) is 0 Å². The van der Waals surface area contributed by atoms with Crippen LogP contribution in [0, 0.1) is 6.92 Å². The first kappa shape index (κ1) is 10.1. The lowest BCUT2D eigenvalue weighted by molar-refractivity contribution is 0.594. The molecular formula is C11H12N2OS. The highest BCUT2D eigenvalue weighted by atomic mass is 32.2. The molecule has 0 saturated heterocycles. The fourth-order valence-corrected chi connectivity index (χ4v) is 1.84. The SMILES string of the molecule is CSc1ccc(-c2oc(N)nc2C)cc1. The van der Waals surface area contributed by atoms with Gasteiger partial charge in [0.15, 0.2) is 5.76 Å². The molecule has 78 valence electrons. The number of nitrogens with zero attached hydrogens (tertiary/aromatic N) is 1. The molecule has 0 amide bonds. The van der Waals surface area contributed by atoms with Crippen LogP contribution >= 0.6 is 11.8 Å². The molecule has 0 unspecified atom stereocenters. The lowest BCUT2D eigenvalue weighted by atomic mass is 10.1. The Bertz CT molecular complexity index is 462. The smallest absolute Gasteiger partial charge is 0.292 e.